The number of aromatic nitrogens is 3. The molecule has 1 heterocycles. The van der Waals surface area contributed by atoms with Crippen molar-refractivity contribution in [1.29, 1.82) is 0 Å². The lowest BCUT2D eigenvalue weighted by atomic mass is 9.97. The van der Waals surface area contributed by atoms with Crippen molar-refractivity contribution in [3.63, 3.8) is 0 Å². The summed E-state index contributed by atoms with van der Waals surface area (Å²) >= 11 is 0. The van der Waals surface area contributed by atoms with Gasteiger partial charge >= 0.3 is 0 Å². The second-order valence-corrected chi connectivity index (χ2v) is 7.76. The maximum atomic E-state index is 4.79. The van der Waals surface area contributed by atoms with Crippen LogP contribution >= 0.6 is 0 Å². The summed E-state index contributed by atoms with van der Waals surface area (Å²) in [5.74, 6) is 1.36. The summed E-state index contributed by atoms with van der Waals surface area (Å²) in [5, 5.41) is 4.80. The van der Waals surface area contributed by atoms with Crippen molar-refractivity contribution in [2.45, 2.75) is 0 Å². The second-order valence-electron chi connectivity index (χ2n) is 7.76. The Bertz CT molecular complexity index is 1560. The zero-order valence-electron chi connectivity index (χ0n) is 17.3. The van der Waals surface area contributed by atoms with E-state index in [2.05, 4.69) is 101 Å². The van der Waals surface area contributed by atoms with Crippen LogP contribution in [0.3, 0.4) is 0 Å². The van der Waals surface area contributed by atoms with Gasteiger partial charge in [-0.05, 0) is 32.7 Å². The summed E-state index contributed by atoms with van der Waals surface area (Å²) in [6.45, 7) is 0. The Balaban J connectivity index is 1.40. The van der Waals surface area contributed by atoms with Gasteiger partial charge in [0, 0.05) is 11.1 Å². The standard InChI is InChI=1S/C29H19N3/c1-3-11-24-20(7-1)9-5-13-25(24)22-15-17-23(18-16-22)28-30-19-31-29(32-28)27-14-6-10-21-8-2-4-12-26(21)27/h1-19H. The van der Waals surface area contributed by atoms with Crippen LogP contribution in [0.4, 0.5) is 0 Å². The first-order valence-electron chi connectivity index (χ1n) is 10.6. The van der Waals surface area contributed by atoms with Crippen LogP contribution in [0.15, 0.2) is 116 Å². The first-order chi connectivity index (χ1) is 15.9. The summed E-state index contributed by atoms with van der Waals surface area (Å²) in [5.41, 5.74) is 4.38. The topological polar surface area (TPSA) is 38.7 Å². The largest absolute Gasteiger partial charge is 0.217 e. The minimum Gasteiger partial charge on any atom is -0.217 e. The molecule has 5 aromatic carbocycles. The molecule has 6 rings (SSSR count). The van der Waals surface area contributed by atoms with Crippen LogP contribution in [-0.2, 0) is 0 Å². The van der Waals surface area contributed by atoms with Gasteiger partial charge in [-0.3, -0.25) is 0 Å². The molecule has 0 aliphatic heterocycles. The van der Waals surface area contributed by atoms with Crippen molar-refractivity contribution in [2.24, 2.45) is 0 Å². The van der Waals surface area contributed by atoms with Crippen LogP contribution in [0.2, 0.25) is 0 Å². The zero-order chi connectivity index (χ0) is 21.3. The van der Waals surface area contributed by atoms with Gasteiger partial charge in [0.25, 0.3) is 0 Å². The number of rotatable bonds is 3. The molecule has 0 saturated heterocycles. The lowest BCUT2D eigenvalue weighted by Gasteiger charge is -2.09. The SMILES string of the molecule is c1ccc2c(-c3ccc(-c4ncnc(-c5cccc6ccccc56)n4)cc3)cccc2c1. The van der Waals surface area contributed by atoms with Crippen LogP contribution in [0.25, 0.3) is 55.4 Å². The Morgan fingerprint density at radius 1 is 0.406 bits per heavy atom. The molecule has 3 nitrogen and oxygen atoms in total. The summed E-state index contributed by atoms with van der Waals surface area (Å²) in [6.07, 6.45) is 1.60. The lowest BCUT2D eigenvalue weighted by molar-refractivity contribution is 1.07. The Labute approximate surface area is 186 Å². The van der Waals surface area contributed by atoms with Crippen molar-refractivity contribution >= 4 is 21.5 Å². The Kier molecular flexibility index (Phi) is 4.43. The molecule has 32 heavy (non-hydrogen) atoms. The van der Waals surface area contributed by atoms with Gasteiger partial charge in [0.2, 0.25) is 0 Å². The van der Waals surface area contributed by atoms with Crippen molar-refractivity contribution in [3.8, 4) is 33.9 Å². The molecule has 0 N–H and O–H groups in total. The van der Waals surface area contributed by atoms with E-state index in [0.29, 0.717) is 11.6 Å². The van der Waals surface area contributed by atoms with Crippen molar-refractivity contribution in [2.75, 3.05) is 0 Å². The Hall–Kier alpha value is -4.37. The summed E-state index contributed by atoms with van der Waals surface area (Å²) in [6, 6.07) is 37.8. The smallest absolute Gasteiger partial charge is 0.163 e. The van der Waals surface area contributed by atoms with Gasteiger partial charge < -0.3 is 0 Å². The molecule has 0 unspecified atom stereocenters. The van der Waals surface area contributed by atoms with Crippen LogP contribution in [-0.4, -0.2) is 15.0 Å². The summed E-state index contributed by atoms with van der Waals surface area (Å²) in [4.78, 5) is 13.7. The number of nitrogens with zero attached hydrogens (tertiary/aromatic N) is 3. The maximum absolute atomic E-state index is 4.79. The van der Waals surface area contributed by atoms with E-state index < -0.39 is 0 Å². The van der Waals surface area contributed by atoms with Crippen LogP contribution in [0.5, 0.6) is 0 Å². The van der Waals surface area contributed by atoms with Crippen LogP contribution < -0.4 is 0 Å². The van der Waals surface area contributed by atoms with E-state index in [4.69, 9.17) is 4.98 Å². The number of hydrogen-bond donors (Lipinski definition) is 0. The number of hydrogen-bond acceptors (Lipinski definition) is 3. The third-order valence-electron chi connectivity index (χ3n) is 5.85. The van der Waals surface area contributed by atoms with Crippen molar-refractivity contribution in [1.82, 2.24) is 15.0 Å². The fraction of sp³-hybridized carbons (Fsp3) is 0. The predicted molar refractivity (Wildman–Crippen MR) is 131 cm³/mol. The maximum Gasteiger partial charge on any atom is 0.163 e. The summed E-state index contributed by atoms with van der Waals surface area (Å²) in [7, 11) is 0. The van der Waals surface area contributed by atoms with E-state index in [1.54, 1.807) is 6.33 Å². The molecular formula is C29H19N3. The first-order valence-corrected chi connectivity index (χ1v) is 10.6. The van der Waals surface area contributed by atoms with E-state index >= 15 is 0 Å². The van der Waals surface area contributed by atoms with E-state index in [-0.39, 0.29) is 0 Å². The first kappa shape index (κ1) is 18.4. The highest BCUT2D eigenvalue weighted by molar-refractivity contribution is 5.97. The van der Waals surface area contributed by atoms with Gasteiger partial charge in [-0.2, -0.15) is 0 Å². The van der Waals surface area contributed by atoms with Gasteiger partial charge in [-0.15, -0.1) is 0 Å². The van der Waals surface area contributed by atoms with Gasteiger partial charge in [0.15, 0.2) is 11.6 Å². The van der Waals surface area contributed by atoms with E-state index in [1.165, 1.54) is 27.3 Å². The third kappa shape index (κ3) is 3.21. The van der Waals surface area contributed by atoms with E-state index in [9.17, 15) is 0 Å². The average Bonchev–Trinajstić information content (AvgIpc) is 2.88. The molecule has 0 amide bonds. The third-order valence-corrected chi connectivity index (χ3v) is 5.85. The quantitative estimate of drug-likeness (QED) is 0.311. The van der Waals surface area contributed by atoms with Gasteiger partial charge in [-0.25, -0.2) is 15.0 Å². The van der Waals surface area contributed by atoms with Gasteiger partial charge in [0.1, 0.15) is 6.33 Å². The molecule has 0 radical (unpaired) electrons. The molecule has 6 aromatic rings. The highest BCUT2D eigenvalue weighted by atomic mass is 15.0. The fourth-order valence-corrected chi connectivity index (χ4v) is 4.26. The van der Waals surface area contributed by atoms with Crippen molar-refractivity contribution in [3.05, 3.63) is 116 Å². The Morgan fingerprint density at radius 3 is 1.66 bits per heavy atom. The number of benzene rings is 5. The fourth-order valence-electron chi connectivity index (χ4n) is 4.26. The molecule has 0 aliphatic rings. The minimum atomic E-state index is 0.674. The number of fused-ring (bicyclic) bond motifs is 2. The zero-order valence-corrected chi connectivity index (χ0v) is 17.3. The molecular weight excluding hydrogens is 390 g/mol. The minimum absolute atomic E-state index is 0.674. The van der Waals surface area contributed by atoms with E-state index in [1.807, 2.05) is 18.2 Å². The molecule has 0 aliphatic carbocycles. The predicted octanol–water partition coefficient (Wildman–Crippen LogP) is 7.18. The molecule has 0 bridgehead atoms. The van der Waals surface area contributed by atoms with Gasteiger partial charge in [-0.1, -0.05) is 109 Å². The molecule has 0 atom stereocenters. The monoisotopic (exact) mass is 409 g/mol. The highest BCUT2D eigenvalue weighted by Gasteiger charge is 2.10. The normalized spacial score (nSPS) is 11.1. The highest BCUT2D eigenvalue weighted by Crippen LogP contribution is 2.31. The van der Waals surface area contributed by atoms with Crippen LogP contribution in [0.1, 0.15) is 0 Å². The molecule has 0 fully saturated rings. The molecule has 0 saturated carbocycles. The van der Waals surface area contributed by atoms with Crippen LogP contribution in [0, 0.1) is 0 Å². The molecule has 3 heteroatoms. The van der Waals surface area contributed by atoms with Crippen molar-refractivity contribution < 1.29 is 0 Å². The second kappa shape index (κ2) is 7.71. The average molecular weight is 409 g/mol. The van der Waals surface area contributed by atoms with Gasteiger partial charge in [0.05, 0.1) is 0 Å². The van der Waals surface area contributed by atoms with E-state index in [0.717, 1.165) is 16.5 Å². The Morgan fingerprint density at radius 2 is 0.938 bits per heavy atom. The molecule has 0 spiro atoms. The lowest BCUT2D eigenvalue weighted by Crippen LogP contribution is -1.95. The molecule has 150 valence electrons. The molecule has 1 aromatic heterocycles. The summed E-state index contributed by atoms with van der Waals surface area (Å²) < 4.78 is 0.